The summed E-state index contributed by atoms with van der Waals surface area (Å²) in [5, 5.41) is 0. The van der Waals surface area contributed by atoms with Gasteiger partial charge < -0.3 is 20.1 Å². The van der Waals surface area contributed by atoms with Gasteiger partial charge in [0.2, 0.25) is 0 Å². The molecule has 0 aromatic carbocycles. The maximum Gasteiger partial charge on any atom is 0.472 e. The van der Waals surface area contributed by atoms with Crippen LogP contribution in [0.5, 0.6) is 0 Å². The summed E-state index contributed by atoms with van der Waals surface area (Å²) in [6.45, 7) is 3.85. The van der Waals surface area contributed by atoms with Crippen LogP contribution in [-0.4, -0.2) is 49.3 Å². The van der Waals surface area contributed by atoms with Gasteiger partial charge in [0.25, 0.3) is 0 Å². The van der Waals surface area contributed by atoms with Crippen LogP contribution < -0.4 is 5.73 Å². The van der Waals surface area contributed by atoms with Crippen molar-refractivity contribution in [2.24, 2.45) is 5.73 Å². The Kier molecular flexibility index (Phi) is 63.4. The molecule has 0 amide bonds. The Morgan fingerprint density at radius 1 is 0.338 bits per heavy atom. The minimum atomic E-state index is -4.38. The second-order valence-corrected chi connectivity index (χ2v) is 25.2. The molecule has 460 valence electrons. The van der Waals surface area contributed by atoms with Gasteiger partial charge >= 0.3 is 19.8 Å². The zero-order chi connectivity index (χ0) is 55.9. The van der Waals surface area contributed by atoms with Crippen LogP contribution in [0.1, 0.15) is 386 Å². The molecule has 3 N–H and O–H groups in total. The second-order valence-electron chi connectivity index (χ2n) is 23.8. The van der Waals surface area contributed by atoms with E-state index in [1.807, 2.05) is 0 Å². The number of hydrogen-bond donors (Lipinski definition) is 2. The molecule has 0 saturated carbocycles. The molecule has 0 fully saturated rings. The fourth-order valence-corrected chi connectivity index (χ4v) is 11.6. The van der Waals surface area contributed by atoms with Crippen LogP contribution >= 0.6 is 7.82 Å². The zero-order valence-electron chi connectivity index (χ0n) is 51.7. The van der Waals surface area contributed by atoms with E-state index in [4.69, 9.17) is 24.3 Å². The number of phosphoric ester groups is 1. The smallest absolute Gasteiger partial charge is 0.462 e. The lowest BCUT2D eigenvalue weighted by molar-refractivity contribution is -0.161. The highest BCUT2D eigenvalue weighted by Crippen LogP contribution is 2.43. The molecule has 0 aromatic heterocycles. The van der Waals surface area contributed by atoms with E-state index in [-0.39, 0.29) is 32.1 Å². The first-order valence-electron chi connectivity index (χ1n) is 34.5. The average Bonchev–Trinajstić information content (AvgIpc) is 3.42. The van der Waals surface area contributed by atoms with Crippen LogP contribution in [0.3, 0.4) is 0 Å². The van der Waals surface area contributed by atoms with Crippen LogP contribution in [0.4, 0.5) is 0 Å². The molecule has 0 spiro atoms. The molecular formula is C67H134NO8P. The first kappa shape index (κ1) is 76.0. The highest BCUT2D eigenvalue weighted by atomic mass is 31.2. The molecule has 0 heterocycles. The topological polar surface area (TPSA) is 134 Å². The lowest BCUT2D eigenvalue weighted by Gasteiger charge is -2.19. The fraction of sp³-hybridized carbons (Fsp3) is 0.970. The first-order valence-corrected chi connectivity index (χ1v) is 36.0. The SMILES string of the molecule is CCCCCCCCCCCCCCCCCCCCCCCCCCCCCCCC(=O)OC(COC(=O)CCCCCCCCCCCCCCCCCCCCCCCCCCCCC)COP(=O)(O)OCCN. The van der Waals surface area contributed by atoms with Gasteiger partial charge in [0.15, 0.2) is 6.10 Å². The Hall–Kier alpha value is -0.990. The maximum absolute atomic E-state index is 12.8. The van der Waals surface area contributed by atoms with E-state index >= 15 is 0 Å². The molecule has 0 rings (SSSR count). The third-order valence-corrected chi connectivity index (χ3v) is 17.0. The molecule has 0 aromatic rings. The summed E-state index contributed by atoms with van der Waals surface area (Å²) in [7, 11) is -4.38. The van der Waals surface area contributed by atoms with Gasteiger partial charge in [-0.05, 0) is 12.8 Å². The molecule has 9 nitrogen and oxygen atoms in total. The summed E-state index contributed by atoms with van der Waals surface area (Å²) in [5.41, 5.74) is 5.40. The van der Waals surface area contributed by atoms with Crippen molar-refractivity contribution in [1.29, 1.82) is 0 Å². The largest absolute Gasteiger partial charge is 0.472 e. The summed E-state index contributed by atoms with van der Waals surface area (Å²) < 4.78 is 33.2. The standard InChI is InChI=1S/C67H134NO8P/c1-3-5-7-9-11-13-15-17-19-21-23-25-27-29-31-32-34-36-38-40-42-44-46-48-50-52-54-56-58-60-67(70)76-65(64-75-77(71,72)74-62-61-68)63-73-66(69)59-57-55-53-51-49-47-45-43-41-39-37-35-33-30-28-26-24-22-20-18-16-14-12-10-8-6-4-2/h65H,3-64,68H2,1-2H3,(H,71,72). The summed E-state index contributed by atoms with van der Waals surface area (Å²) >= 11 is 0. The van der Waals surface area contributed by atoms with E-state index in [1.165, 1.54) is 321 Å². The average molecular weight is 1110 g/mol. The highest BCUT2D eigenvalue weighted by Gasteiger charge is 2.26. The minimum absolute atomic E-state index is 0.0588. The Morgan fingerprint density at radius 3 is 0.792 bits per heavy atom. The summed E-state index contributed by atoms with van der Waals surface area (Å²) in [6, 6.07) is 0. The lowest BCUT2D eigenvalue weighted by atomic mass is 10.0. The molecule has 0 aliphatic carbocycles. The van der Waals surface area contributed by atoms with E-state index in [2.05, 4.69) is 13.8 Å². The number of unbranched alkanes of at least 4 members (excludes halogenated alkanes) is 54. The van der Waals surface area contributed by atoms with Crippen molar-refractivity contribution in [2.75, 3.05) is 26.4 Å². The third kappa shape index (κ3) is 64.1. The number of carbonyl (C=O) groups is 2. The van der Waals surface area contributed by atoms with Crippen LogP contribution in [0.2, 0.25) is 0 Å². The molecule has 0 aliphatic heterocycles. The van der Waals surface area contributed by atoms with Gasteiger partial charge in [-0.25, -0.2) is 4.57 Å². The van der Waals surface area contributed by atoms with Gasteiger partial charge in [-0.15, -0.1) is 0 Å². The Labute approximate surface area is 479 Å². The Bertz CT molecular complexity index is 1220. The molecule has 2 unspecified atom stereocenters. The molecule has 0 radical (unpaired) electrons. The lowest BCUT2D eigenvalue weighted by Crippen LogP contribution is -2.29. The molecule has 77 heavy (non-hydrogen) atoms. The summed E-state index contributed by atoms with van der Waals surface area (Å²) in [6.07, 6.45) is 74.9. The molecule has 0 bridgehead atoms. The number of carbonyl (C=O) groups excluding carboxylic acids is 2. The number of hydrogen-bond acceptors (Lipinski definition) is 8. The van der Waals surface area contributed by atoms with Gasteiger partial charge in [0.05, 0.1) is 13.2 Å². The number of nitrogens with two attached hydrogens (primary N) is 1. The molecule has 0 saturated heterocycles. The predicted molar refractivity (Wildman–Crippen MR) is 331 cm³/mol. The monoisotopic (exact) mass is 1110 g/mol. The van der Waals surface area contributed by atoms with E-state index in [1.54, 1.807) is 0 Å². The Balaban J connectivity index is 3.81. The molecular weight excluding hydrogens is 978 g/mol. The number of ether oxygens (including phenoxy) is 2. The van der Waals surface area contributed by atoms with Gasteiger partial charge in [-0.2, -0.15) is 0 Å². The van der Waals surface area contributed by atoms with Crippen LogP contribution in [-0.2, 0) is 32.7 Å². The Morgan fingerprint density at radius 2 is 0.558 bits per heavy atom. The van der Waals surface area contributed by atoms with Gasteiger partial charge in [-0.3, -0.25) is 18.6 Å². The van der Waals surface area contributed by atoms with Crippen molar-refractivity contribution in [3.8, 4) is 0 Å². The van der Waals surface area contributed by atoms with Crippen LogP contribution in [0, 0.1) is 0 Å². The quantitative estimate of drug-likeness (QED) is 0.0347. The normalized spacial score (nSPS) is 12.8. The van der Waals surface area contributed by atoms with Crippen LogP contribution in [0.15, 0.2) is 0 Å². The number of rotatable bonds is 67. The molecule has 10 heteroatoms. The van der Waals surface area contributed by atoms with Crippen molar-refractivity contribution in [1.82, 2.24) is 0 Å². The zero-order valence-corrected chi connectivity index (χ0v) is 52.6. The van der Waals surface area contributed by atoms with Gasteiger partial charge in [0, 0.05) is 19.4 Å². The first-order chi connectivity index (χ1) is 37.8. The fourth-order valence-electron chi connectivity index (χ4n) is 10.9. The van der Waals surface area contributed by atoms with Crippen LogP contribution in [0.25, 0.3) is 0 Å². The summed E-state index contributed by atoms with van der Waals surface area (Å²) in [5.74, 6) is -0.797. The number of esters is 2. The van der Waals surface area contributed by atoms with Crippen molar-refractivity contribution < 1.29 is 37.6 Å². The third-order valence-electron chi connectivity index (χ3n) is 16.0. The summed E-state index contributed by atoms with van der Waals surface area (Å²) in [4.78, 5) is 35.3. The van der Waals surface area contributed by atoms with E-state index in [0.717, 1.165) is 32.1 Å². The highest BCUT2D eigenvalue weighted by molar-refractivity contribution is 7.47. The van der Waals surface area contributed by atoms with Crippen molar-refractivity contribution in [2.45, 2.75) is 392 Å². The van der Waals surface area contributed by atoms with Gasteiger partial charge in [0.1, 0.15) is 6.61 Å². The minimum Gasteiger partial charge on any atom is -0.462 e. The van der Waals surface area contributed by atoms with E-state index < -0.39 is 26.5 Å². The maximum atomic E-state index is 12.8. The molecule has 2 atom stereocenters. The van der Waals surface area contributed by atoms with Crippen molar-refractivity contribution in [3.05, 3.63) is 0 Å². The van der Waals surface area contributed by atoms with E-state index in [0.29, 0.717) is 12.8 Å². The number of phosphoric acid groups is 1. The second kappa shape index (κ2) is 64.2. The van der Waals surface area contributed by atoms with Crippen molar-refractivity contribution >= 4 is 19.8 Å². The predicted octanol–water partition coefficient (Wildman–Crippen LogP) is 22.2. The molecule has 0 aliphatic rings. The van der Waals surface area contributed by atoms with E-state index in [9.17, 15) is 19.0 Å². The van der Waals surface area contributed by atoms with Gasteiger partial charge in [-0.1, -0.05) is 361 Å². The van der Waals surface area contributed by atoms with Crippen molar-refractivity contribution in [3.63, 3.8) is 0 Å².